The van der Waals surface area contributed by atoms with Gasteiger partial charge in [0, 0.05) is 24.0 Å². The van der Waals surface area contributed by atoms with Crippen molar-refractivity contribution in [2.24, 2.45) is 0 Å². The van der Waals surface area contributed by atoms with Crippen molar-refractivity contribution in [3.63, 3.8) is 0 Å². The molecule has 0 heterocycles. The van der Waals surface area contributed by atoms with Crippen LogP contribution < -0.4 is 29.6 Å². The maximum absolute atomic E-state index is 12.6. The minimum atomic E-state index is -2.72. The van der Waals surface area contributed by atoms with E-state index < -0.39 is 26.4 Å². The molecule has 0 saturated heterocycles. The monoisotopic (exact) mass is 788 g/mol. The fourth-order valence-corrected chi connectivity index (χ4v) is 6.40. The second kappa shape index (κ2) is 44.6. The summed E-state index contributed by atoms with van der Waals surface area (Å²) in [6.45, 7) is 6.30. The third-order valence-corrected chi connectivity index (χ3v) is 9.68. The molecule has 0 amide bonds. The molecule has 0 fully saturated rings. The molecule has 0 aliphatic heterocycles. The summed E-state index contributed by atoms with van der Waals surface area (Å²) in [4.78, 5) is 29.9. The van der Waals surface area contributed by atoms with Gasteiger partial charge in [-0.1, -0.05) is 175 Å². The molecule has 0 aliphatic rings. The van der Waals surface area contributed by atoms with Crippen molar-refractivity contribution < 1.29 is 78.5 Å². The zero-order valence-corrected chi connectivity index (χ0v) is 37.7. The van der Waals surface area contributed by atoms with Gasteiger partial charge < -0.3 is 20.7 Å². The van der Waals surface area contributed by atoms with E-state index in [0.29, 0.717) is 13.0 Å². The van der Waals surface area contributed by atoms with E-state index in [2.05, 4.69) is 13.8 Å². The van der Waals surface area contributed by atoms with E-state index in [0.717, 1.165) is 44.9 Å². The molecule has 0 spiro atoms. The van der Waals surface area contributed by atoms with Gasteiger partial charge in [-0.3, -0.25) is 9.59 Å². The van der Waals surface area contributed by atoms with Crippen LogP contribution in [0.1, 0.15) is 208 Å². The van der Waals surface area contributed by atoms with E-state index in [1.54, 1.807) is 0 Å². The largest absolute Gasteiger partial charge is 1.00 e. The Hall–Kier alpha value is -0.160. The summed E-state index contributed by atoms with van der Waals surface area (Å²) in [6.07, 6.45) is 31.3. The molecule has 3 unspecified atom stereocenters. The standard InChI is InChI=1S/C41H80O10P.Na.H/c1-4-7-9-11-13-15-17-19-21-23-25-27-29-31-40(43)47-36-39(37-49-52(45)51-48-35-38(42)34-46-33-6-3)50-41(44)32-30-28-26-24-22-20-18-16-14-12-10-8-5-2;;/h38-39,42H,4-37H2,1-3H3;;/q2*+1;-1. The van der Waals surface area contributed by atoms with Crippen LogP contribution in [0.2, 0.25) is 0 Å². The van der Waals surface area contributed by atoms with Gasteiger partial charge >= 0.3 is 49.8 Å². The molecule has 0 radical (unpaired) electrons. The van der Waals surface area contributed by atoms with Crippen LogP contribution in [0.4, 0.5) is 0 Å². The van der Waals surface area contributed by atoms with Crippen LogP contribution in [0.15, 0.2) is 0 Å². The van der Waals surface area contributed by atoms with Crippen LogP contribution in [0.3, 0.4) is 0 Å². The Morgan fingerprint density at radius 2 is 0.962 bits per heavy atom. The molecule has 3 atom stereocenters. The van der Waals surface area contributed by atoms with Crippen LogP contribution in [-0.4, -0.2) is 62.3 Å². The molecule has 0 rings (SSSR count). The van der Waals surface area contributed by atoms with Crippen LogP contribution in [0.25, 0.3) is 0 Å². The first-order chi connectivity index (χ1) is 25.4. The van der Waals surface area contributed by atoms with Crippen LogP contribution in [0, 0.1) is 0 Å². The summed E-state index contributed by atoms with van der Waals surface area (Å²) in [5, 5.41) is 9.82. The molecule has 310 valence electrons. The number of carbonyl (C=O) groups is 2. The average Bonchev–Trinajstić information content (AvgIpc) is 3.13. The first-order valence-corrected chi connectivity index (χ1v) is 22.5. The summed E-state index contributed by atoms with van der Waals surface area (Å²) < 4.78 is 38.3. The summed E-state index contributed by atoms with van der Waals surface area (Å²) in [7, 11) is -2.72. The van der Waals surface area contributed by atoms with Crippen LogP contribution >= 0.6 is 8.25 Å². The van der Waals surface area contributed by atoms with Gasteiger partial charge in [-0.2, -0.15) is 4.89 Å². The molecule has 10 nitrogen and oxygen atoms in total. The Labute approximate surface area is 349 Å². The maximum Gasteiger partial charge on any atom is 1.00 e. The van der Waals surface area contributed by atoms with E-state index in [-0.39, 0.29) is 69.8 Å². The molecule has 53 heavy (non-hydrogen) atoms. The number of esters is 2. The number of aliphatic hydroxyl groups is 1. The van der Waals surface area contributed by atoms with Crippen molar-refractivity contribution in [1.29, 1.82) is 0 Å². The molecule has 0 aromatic heterocycles. The Morgan fingerprint density at radius 1 is 0.547 bits per heavy atom. The Balaban J connectivity index is -0.0000130. The third kappa shape index (κ3) is 42.8. The SMILES string of the molecule is CCCCCCCCCCCCCCCC(=O)OCC(CO[P+](=O)OOCC(O)COCCC)OC(=O)CCCCCCCCCCCCCCC.[H-].[Na+]. The molecule has 0 aliphatic carbocycles. The third-order valence-electron chi connectivity index (χ3n) is 9.10. The minimum absolute atomic E-state index is 0. The van der Waals surface area contributed by atoms with E-state index in [4.69, 9.17) is 28.3 Å². The first-order valence-electron chi connectivity index (χ1n) is 21.4. The first kappa shape index (κ1) is 54.9. The predicted octanol–water partition coefficient (Wildman–Crippen LogP) is 8.93. The molecule has 1 N–H and O–H groups in total. The molecular weight excluding hydrogens is 706 g/mol. The Kier molecular flexibility index (Phi) is 46.2. The van der Waals surface area contributed by atoms with Crippen molar-refractivity contribution in [2.75, 3.05) is 33.0 Å². The van der Waals surface area contributed by atoms with Crippen LogP contribution in [-0.2, 0) is 42.5 Å². The number of hydrogen-bond donors (Lipinski definition) is 1. The van der Waals surface area contributed by atoms with E-state index in [1.807, 2.05) is 6.92 Å². The van der Waals surface area contributed by atoms with E-state index >= 15 is 0 Å². The number of aliphatic hydroxyl groups excluding tert-OH is 1. The molecule has 0 aromatic rings. The Morgan fingerprint density at radius 3 is 1.40 bits per heavy atom. The normalized spacial score (nSPS) is 12.6. The van der Waals surface area contributed by atoms with Crippen molar-refractivity contribution in [2.45, 2.75) is 219 Å². The summed E-state index contributed by atoms with van der Waals surface area (Å²) in [5.74, 6) is -0.768. The van der Waals surface area contributed by atoms with Crippen molar-refractivity contribution >= 4 is 20.2 Å². The predicted molar refractivity (Wildman–Crippen MR) is 210 cm³/mol. The van der Waals surface area contributed by atoms with Crippen molar-refractivity contribution in [3.8, 4) is 0 Å². The van der Waals surface area contributed by atoms with Gasteiger partial charge in [0.15, 0.2) is 6.10 Å². The quantitative estimate of drug-likeness (QED) is 0.0160. The number of rotatable bonds is 42. The van der Waals surface area contributed by atoms with Crippen molar-refractivity contribution in [1.82, 2.24) is 0 Å². The van der Waals surface area contributed by atoms with Crippen LogP contribution in [0.5, 0.6) is 0 Å². The second-order valence-electron chi connectivity index (χ2n) is 14.4. The number of carbonyl (C=O) groups excluding carboxylic acids is 2. The molecule has 0 saturated carbocycles. The van der Waals surface area contributed by atoms with Gasteiger partial charge in [0.1, 0.15) is 25.9 Å². The topological polar surface area (TPSA) is 127 Å². The van der Waals surface area contributed by atoms with Gasteiger partial charge in [-0.25, -0.2) is 0 Å². The van der Waals surface area contributed by atoms with Crippen molar-refractivity contribution in [3.05, 3.63) is 0 Å². The van der Waals surface area contributed by atoms with E-state index in [1.165, 1.54) is 128 Å². The molecule has 0 aromatic carbocycles. The fraction of sp³-hybridized carbons (Fsp3) is 0.951. The number of ether oxygens (including phenoxy) is 3. The summed E-state index contributed by atoms with van der Waals surface area (Å²) in [6, 6.07) is 0. The van der Waals surface area contributed by atoms with Gasteiger partial charge in [0.05, 0.1) is 11.3 Å². The average molecular weight is 788 g/mol. The second-order valence-corrected chi connectivity index (χ2v) is 15.2. The van der Waals surface area contributed by atoms with Gasteiger partial charge in [0.25, 0.3) is 0 Å². The maximum atomic E-state index is 12.6. The van der Waals surface area contributed by atoms with Gasteiger partial charge in [-0.05, 0) is 19.3 Å². The van der Waals surface area contributed by atoms with Gasteiger partial charge in [-0.15, -0.1) is 4.52 Å². The van der Waals surface area contributed by atoms with E-state index in [9.17, 15) is 19.3 Å². The zero-order chi connectivity index (χ0) is 38.2. The van der Waals surface area contributed by atoms with Gasteiger partial charge in [0.2, 0.25) is 0 Å². The smallest absolute Gasteiger partial charge is 1.00 e. The Bertz CT molecular complexity index is 814. The molecular formula is C41H81NaO10P+. The molecule has 0 bridgehead atoms. The molecule has 12 heteroatoms. The summed E-state index contributed by atoms with van der Waals surface area (Å²) >= 11 is 0. The number of unbranched alkanes of at least 4 members (excludes halogenated alkanes) is 24. The number of hydrogen-bond acceptors (Lipinski definition) is 10. The fourth-order valence-electron chi connectivity index (χ4n) is 5.92. The minimum Gasteiger partial charge on any atom is -1.00 e. The zero-order valence-electron chi connectivity index (χ0n) is 35.8. The summed E-state index contributed by atoms with van der Waals surface area (Å²) in [5.41, 5.74) is 0.